The largest absolute Gasteiger partial charge is 0.399 e. The van der Waals surface area contributed by atoms with E-state index in [2.05, 4.69) is 36.3 Å². The van der Waals surface area contributed by atoms with Crippen molar-refractivity contribution < 1.29 is 8.78 Å². The average molecular weight is 361 g/mol. The third kappa shape index (κ3) is 4.25. The molecule has 1 nitrogen and oxygen atoms in total. The van der Waals surface area contributed by atoms with Gasteiger partial charge in [0.05, 0.1) is 11.1 Å². The number of anilines is 1. The summed E-state index contributed by atoms with van der Waals surface area (Å²) in [6.45, 7) is 0. The molecule has 126 valence electrons. The van der Waals surface area contributed by atoms with Gasteiger partial charge in [0.15, 0.2) is 11.6 Å². The van der Waals surface area contributed by atoms with Crippen LogP contribution in [0.3, 0.4) is 0 Å². The zero-order valence-corrected chi connectivity index (χ0v) is 14.4. The molecule has 2 N–H and O–H groups in total. The van der Waals surface area contributed by atoms with Crippen LogP contribution in [0.1, 0.15) is 22.3 Å². The summed E-state index contributed by atoms with van der Waals surface area (Å²) in [5, 5.41) is 0. The maximum absolute atomic E-state index is 14.2. The standard InChI is InChI=1S/C22H13F2NS/c23-21-17(7-1-15-3-11-19(25)12-4-15)9-10-18(22(21)24)8-2-16-5-13-20(26)14-6-16/h3-6,9-14,26H,25H2. The van der Waals surface area contributed by atoms with Crippen molar-refractivity contribution in [3.05, 3.63) is 94.6 Å². The lowest BCUT2D eigenvalue weighted by atomic mass is 10.1. The molecule has 0 bridgehead atoms. The normalized spacial score (nSPS) is 9.65. The Balaban J connectivity index is 1.87. The fourth-order valence-corrected chi connectivity index (χ4v) is 2.28. The molecule has 26 heavy (non-hydrogen) atoms. The number of hydrogen-bond donors (Lipinski definition) is 2. The minimum Gasteiger partial charge on any atom is -0.399 e. The number of nitrogen functional groups attached to an aromatic ring is 1. The molecule has 3 aromatic carbocycles. The number of thiol groups is 1. The molecule has 3 aromatic rings. The summed E-state index contributed by atoms with van der Waals surface area (Å²) >= 11 is 4.19. The highest BCUT2D eigenvalue weighted by Gasteiger charge is 2.10. The van der Waals surface area contributed by atoms with Crippen LogP contribution < -0.4 is 5.73 Å². The lowest BCUT2D eigenvalue weighted by Crippen LogP contribution is -1.94. The van der Waals surface area contributed by atoms with Gasteiger partial charge >= 0.3 is 0 Å². The molecular formula is C22H13F2NS. The molecule has 0 amide bonds. The van der Waals surface area contributed by atoms with E-state index in [0.29, 0.717) is 16.8 Å². The second-order valence-corrected chi connectivity index (χ2v) is 5.97. The number of rotatable bonds is 0. The van der Waals surface area contributed by atoms with Gasteiger partial charge < -0.3 is 5.73 Å². The van der Waals surface area contributed by atoms with Crippen molar-refractivity contribution in [3.8, 4) is 23.7 Å². The van der Waals surface area contributed by atoms with Crippen LogP contribution in [0, 0.1) is 35.3 Å². The van der Waals surface area contributed by atoms with Crippen LogP contribution in [0.25, 0.3) is 0 Å². The Labute approximate surface area is 156 Å². The zero-order valence-electron chi connectivity index (χ0n) is 13.6. The van der Waals surface area contributed by atoms with E-state index in [1.807, 2.05) is 0 Å². The Hall–Kier alpha value is -3.21. The van der Waals surface area contributed by atoms with Crippen molar-refractivity contribution in [2.75, 3.05) is 5.73 Å². The van der Waals surface area contributed by atoms with E-state index in [4.69, 9.17) is 5.73 Å². The molecular weight excluding hydrogens is 348 g/mol. The van der Waals surface area contributed by atoms with Gasteiger partial charge in [-0.25, -0.2) is 8.78 Å². The Kier molecular flexibility index (Phi) is 5.27. The molecule has 0 saturated heterocycles. The van der Waals surface area contributed by atoms with Crippen LogP contribution in [0.15, 0.2) is 65.6 Å². The Bertz CT molecular complexity index is 975. The molecule has 0 aliphatic rings. The molecule has 0 heterocycles. The van der Waals surface area contributed by atoms with Crippen LogP contribution in [0.5, 0.6) is 0 Å². The number of benzene rings is 3. The highest BCUT2D eigenvalue weighted by Crippen LogP contribution is 2.16. The van der Waals surface area contributed by atoms with Gasteiger partial charge in [-0.1, -0.05) is 23.7 Å². The first-order chi connectivity index (χ1) is 12.5. The summed E-state index contributed by atoms with van der Waals surface area (Å²) in [5.74, 6) is 8.85. The topological polar surface area (TPSA) is 26.0 Å². The maximum Gasteiger partial charge on any atom is 0.175 e. The molecule has 0 aliphatic carbocycles. The first-order valence-electron chi connectivity index (χ1n) is 7.69. The van der Waals surface area contributed by atoms with Crippen LogP contribution >= 0.6 is 12.6 Å². The molecule has 4 heteroatoms. The fourth-order valence-electron chi connectivity index (χ4n) is 2.13. The summed E-state index contributed by atoms with van der Waals surface area (Å²) in [7, 11) is 0. The van der Waals surface area contributed by atoms with Crippen LogP contribution in [-0.2, 0) is 0 Å². The van der Waals surface area contributed by atoms with Crippen molar-refractivity contribution in [2.24, 2.45) is 0 Å². The van der Waals surface area contributed by atoms with Gasteiger partial charge in [-0.2, -0.15) is 0 Å². The van der Waals surface area contributed by atoms with E-state index in [9.17, 15) is 8.78 Å². The molecule has 0 aliphatic heterocycles. The fraction of sp³-hybridized carbons (Fsp3) is 0. The average Bonchev–Trinajstić information content (AvgIpc) is 2.65. The molecule has 3 rings (SSSR count). The van der Waals surface area contributed by atoms with Crippen LogP contribution in [0.2, 0.25) is 0 Å². The summed E-state index contributed by atoms with van der Waals surface area (Å²) in [4.78, 5) is 0.803. The number of hydrogen-bond acceptors (Lipinski definition) is 2. The van der Waals surface area contributed by atoms with Gasteiger partial charge in [-0.15, -0.1) is 12.6 Å². The van der Waals surface area contributed by atoms with E-state index < -0.39 is 11.6 Å². The molecule has 0 fully saturated rings. The molecule has 0 spiro atoms. The molecule has 0 atom stereocenters. The molecule has 0 radical (unpaired) electrons. The van der Waals surface area contributed by atoms with Crippen LogP contribution in [0.4, 0.5) is 14.5 Å². The monoisotopic (exact) mass is 361 g/mol. The summed E-state index contributed by atoms with van der Waals surface area (Å²) < 4.78 is 28.5. The molecule has 0 saturated carbocycles. The van der Waals surface area contributed by atoms with E-state index in [0.717, 1.165) is 4.90 Å². The van der Waals surface area contributed by atoms with Crippen molar-refractivity contribution >= 4 is 18.3 Å². The quantitative estimate of drug-likeness (QED) is 0.341. The second-order valence-electron chi connectivity index (χ2n) is 5.46. The Morgan fingerprint density at radius 2 is 1.04 bits per heavy atom. The van der Waals surface area contributed by atoms with Gasteiger partial charge in [0.2, 0.25) is 0 Å². The maximum atomic E-state index is 14.2. The molecule has 0 aromatic heterocycles. The minimum absolute atomic E-state index is 0.0181. The number of nitrogens with two attached hydrogens (primary N) is 1. The van der Waals surface area contributed by atoms with Crippen LogP contribution in [-0.4, -0.2) is 0 Å². The van der Waals surface area contributed by atoms with Crippen molar-refractivity contribution in [1.82, 2.24) is 0 Å². The molecule has 0 unspecified atom stereocenters. The summed E-state index contributed by atoms with van der Waals surface area (Å²) in [6, 6.07) is 16.7. The van der Waals surface area contributed by atoms with E-state index >= 15 is 0 Å². The van der Waals surface area contributed by atoms with Crippen molar-refractivity contribution in [3.63, 3.8) is 0 Å². The predicted octanol–water partition coefficient (Wildman–Crippen LogP) is 4.64. The van der Waals surface area contributed by atoms with E-state index in [-0.39, 0.29) is 11.1 Å². The van der Waals surface area contributed by atoms with Gasteiger partial charge in [0.1, 0.15) is 0 Å². The second kappa shape index (κ2) is 7.78. The zero-order chi connectivity index (χ0) is 18.5. The SMILES string of the molecule is Nc1ccc(C#Cc2ccc(C#Cc3ccc(S)cc3)c(F)c2F)cc1. The smallest absolute Gasteiger partial charge is 0.175 e. The minimum atomic E-state index is -1.01. The first kappa shape index (κ1) is 17.6. The third-order valence-electron chi connectivity index (χ3n) is 3.54. The number of halogens is 2. The van der Waals surface area contributed by atoms with Gasteiger partial charge in [-0.3, -0.25) is 0 Å². The summed E-state index contributed by atoms with van der Waals surface area (Å²) in [6.07, 6.45) is 0. The van der Waals surface area contributed by atoms with E-state index in [1.54, 1.807) is 48.5 Å². The Morgan fingerprint density at radius 3 is 1.50 bits per heavy atom. The highest BCUT2D eigenvalue weighted by atomic mass is 32.1. The first-order valence-corrected chi connectivity index (χ1v) is 8.14. The Morgan fingerprint density at radius 1 is 0.615 bits per heavy atom. The lowest BCUT2D eigenvalue weighted by molar-refractivity contribution is 0.504. The van der Waals surface area contributed by atoms with Gasteiger partial charge in [0, 0.05) is 21.7 Å². The van der Waals surface area contributed by atoms with E-state index in [1.165, 1.54) is 12.1 Å². The third-order valence-corrected chi connectivity index (χ3v) is 3.84. The highest BCUT2D eigenvalue weighted by molar-refractivity contribution is 7.80. The van der Waals surface area contributed by atoms with Gasteiger partial charge in [-0.05, 0) is 60.7 Å². The summed E-state index contributed by atoms with van der Waals surface area (Å²) in [5.41, 5.74) is 7.52. The van der Waals surface area contributed by atoms with Crippen molar-refractivity contribution in [2.45, 2.75) is 4.90 Å². The van der Waals surface area contributed by atoms with Gasteiger partial charge in [0.25, 0.3) is 0 Å². The predicted molar refractivity (Wildman–Crippen MR) is 103 cm³/mol. The van der Waals surface area contributed by atoms with Crippen molar-refractivity contribution in [1.29, 1.82) is 0 Å². The lowest BCUT2D eigenvalue weighted by Gasteiger charge is -1.99.